The molecule has 0 spiro atoms. The molecule has 1 N–H and O–H groups in total. The van der Waals surface area contributed by atoms with E-state index in [0.29, 0.717) is 10.2 Å². The van der Waals surface area contributed by atoms with Gasteiger partial charge in [-0.2, -0.15) is 0 Å². The molecule has 2 aromatic carbocycles. The van der Waals surface area contributed by atoms with E-state index in [1.807, 2.05) is 13.0 Å². The average molecular weight is 326 g/mol. The van der Waals surface area contributed by atoms with Gasteiger partial charge in [0, 0.05) is 5.69 Å². The minimum atomic E-state index is -0.320. The third kappa shape index (κ3) is 3.53. The lowest BCUT2D eigenvalue weighted by atomic mass is 10.0. The number of rotatable bonds is 4. The summed E-state index contributed by atoms with van der Waals surface area (Å²) in [5.41, 5.74) is 1.53. The van der Waals surface area contributed by atoms with Crippen molar-refractivity contribution in [2.75, 3.05) is 5.32 Å². The minimum Gasteiger partial charge on any atom is -0.378 e. The molecule has 0 aliphatic heterocycles. The van der Waals surface area contributed by atoms with Crippen LogP contribution in [0.3, 0.4) is 0 Å². The van der Waals surface area contributed by atoms with Crippen molar-refractivity contribution in [2.45, 2.75) is 19.4 Å². The number of hydrogen-bond donors (Lipinski definition) is 1. The first-order valence-electron chi connectivity index (χ1n) is 6.07. The van der Waals surface area contributed by atoms with E-state index in [1.165, 1.54) is 18.2 Å². The number of anilines is 1. The first-order chi connectivity index (χ1) is 9.10. The average Bonchev–Trinajstić information content (AvgIpc) is 2.40. The van der Waals surface area contributed by atoms with E-state index in [-0.39, 0.29) is 17.7 Å². The van der Waals surface area contributed by atoms with Crippen LogP contribution in [0.4, 0.5) is 14.5 Å². The Morgan fingerprint density at radius 2 is 1.95 bits per heavy atom. The molecule has 0 saturated heterocycles. The van der Waals surface area contributed by atoms with Gasteiger partial charge in [0.25, 0.3) is 0 Å². The van der Waals surface area contributed by atoms with Crippen LogP contribution in [0, 0.1) is 11.6 Å². The van der Waals surface area contributed by atoms with E-state index >= 15 is 0 Å². The molecule has 2 aromatic rings. The monoisotopic (exact) mass is 325 g/mol. The lowest BCUT2D eigenvalue weighted by Gasteiger charge is -2.19. The van der Waals surface area contributed by atoms with E-state index in [0.717, 1.165) is 12.0 Å². The molecule has 0 aliphatic carbocycles. The summed E-state index contributed by atoms with van der Waals surface area (Å²) in [7, 11) is 0. The van der Waals surface area contributed by atoms with Crippen LogP contribution in [-0.2, 0) is 0 Å². The quantitative estimate of drug-likeness (QED) is 0.805. The predicted molar refractivity (Wildman–Crippen MR) is 77.2 cm³/mol. The normalized spacial score (nSPS) is 12.2. The summed E-state index contributed by atoms with van der Waals surface area (Å²) < 4.78 is 27.1. The third-order valence-electron chi connectivity index (χ3n) is 2.92. The number of hydrogen-bond acceptors (Lipinski definition) is 1. The second-order valence-corrected chi connectivity index (χ2v) is 5.14. The molecule has 2 rings (SSSR count). The van der Waals surface area contributed by atoms with Gasteiger partial charge in [0.15, 0.2) is 0 Å². The Labute approximate surface area is 119 Å². The van der Waals surface area contributed by atoms with Crippen molar-refractivity contribution in [2.24, 2.45) is 0 Å². The Kier molecular flexibility index (Phi) is 4.53. The molecular weight excluding hydrogens is 312 g/mol. The highest BCUT2D eigenvalue weighted by molar-refractivity contribution is 9.10. The zero-order valence-electron chi connectivity index (χ0n) is 10.5. The molecule has 4 heteroatoms. The van der Waals surface area contributed by atoms with Gasteiger partial charge in [-0.25, -0.2) is 8.78 Å². The van der Waals surface area contributed by atoms with Crippen molar-refractivity contribution in [1.29, 1.82) is 0 Å². The van der Waals surface area contributed by atoms with Crippen LogP contribution in [-0.4, -0.2) is 0 Å². The van der Waals surface area contributed by atoms with Gasteiger partial charge in [0.05, 0.1) is 10.5 Å². The molecule has 0 fully saturated rings. The maximum absolute atomic E-state index is 13.5. The van der Waals surface area contributed by atoms with E-state index in [4.69, 9.17) is 0 Å². The second kappa shape index (κ2) is 6.15. The summed E-state index contributed by atoms with van der Waals surface area (Å²) in [5, 5.41) is 3.21. The van der Waals surface area contributed by atoms with Crippen LogP contribution in [0.15, 0.2) is 46.9 Å². The molecule has 0 heterocycles. The Hall–Kier alpha value is -1.42. The Bertz CT molecular complexity index is 572. The Morgan fingerprint density at radius 1 is 1.16 bits per heavy atom. The van der Waals surface area contributed by atoms with Crippen molar-refractivity contribution in [3.8, 4) is 0 Å². The highest BCUT2D eigenvalue weighted by Crippen LogP contribution is 2.25. The fraction of sp³-hybridized carbons (Fsp3) is 0.200. The molecule has 0 aliphatic rings. The fourth-order valence-electron chi connectivity index (χ4n) is 1.93. The van der Waals surface area contributed by atoms with Crippen molar-refractivity contribution in [3.63, 3.8) is 0 Å². The van der Waals surface area contributed by atoms with E-state index in [1.54, 1.807) is 18.2 Å². The molecule has 19 heavy (non-hydrogen) atoms. The van der Waals surface area contributed by atoms with Gasteiger partial charge in [0.1, 0.15) is 11.6 Å². The maximum Gasteiger partial charge on any atom is 0.139 e. The standard InChI is InChI=1S/C15H14BrF2N/c1-2-15(10-4-3-5-11(17)8-10)19-12-6-7-13(16)14(18)9-12/h3-9,15,19H,2H2,1H3. The largest absolute Gasteiger partial charge is 0.378 e. The van der Waals surface area contributed by atoms with Crippen LogP contribution in [0.2, 0.25) is 0 Å². The van der Waals surface area contributed by atoms with Crippen LogP contribution in [0.25, 0.3) is 0 Å². The summed E-state index contributed by atoms with van der Waals surface area (Å²) >= 11 is 3.11. The molecule has 0 amide bonds. The molecule has 1 atom stereocenters. The number of benzene rings is 2. The zero-order valence-corrected chi connectivity index (χ0v) is 12.0. The van der Waals surface area contributed by atoms with Gasteiger partial charge in [-0.1, -0.05) is 19.1 Å². The molecule has 0 bridgehead atoms. The lowest BCUT2D eigenvalue weighted by molar-refractivity contribution is 0.617. The minimum absolute atomic E-state index is 0.0451. The third-order valence-corrected chi connectivity index (χ3v) is 3.56. The van der Waals surface area contributed by atoms with Crippen molar-refractivity contribution < 1.29 is 8.78 Å². The first-order valence-corrected chi connectivity index (χ1v) is 6.86. The Morgan fingerprint density at radius 3 is 2.58 bits per heavy atom. The predicted octanol–water partition coefficient (Wildman–Crippen LogP) is 5.29. The first kappa shape index (κ1) is 14.0. The highest BCUT2D eigenvalue weighted by Gasteiger charge is 2.10. The topological polar surface area (TPSA) is 12.0 Å². The van der Waals surface area contributed by atoms with Crippen molar-refractivity contribution in [3.05, 3.63) is 64.1 Å². The molecule has 100 valence electrons. The second-order valence-electron chi connectivity index (χ2n) is 4.29. The smallest absolute Gasteiger partial charge is 0.139 e. The van der Waals surface area contributed by atoms with Crippen LogP contribution < -0.4 is 5.32 Å². The summed E-state index contributed by atoms with van der Waals surface area (Å²) in [6, 6.07) is 11.3. The van der Waals surface area contributed by atoms with Gasteiger partial charge < -0.3 is 5.32 Å². The van der Waals surface area contributed by atoms with E-state index in [2.05, 4.69) is 21.2 Å². The molecule has 0 radical (unpaired) electrons. The molecule has 0 saturated carbocycles. The molecular formula is C15H14BrF2N. The maximum atomic E-state index is 13.5. The van der Waals surface area contributed by atoms with Gasteiger partial charge in [0.2, 0.25) is 0 Å². The van der Waals surface area contributed by atoms with Crippen LogP contribution in [0.5, 0.6) is 0 Å². The summed E-state index contributed by atoms with van der Waals surface area (Å²) in [6.07, 6.45) is 0.779. The van der Waals surface area contributed by atoms with E-state index in [9.17, 15) is 8.78 Å². The number of nitrogens with one attached hydrogen (secondary N) is 1. The van der Waals surface area contributed by atoms with Gasteiger partial charge in [-0.15, -0.1) is 0 Å². The van der Waals surface area contributed by atoms with Gasteiger partial charge in [-0.3, -0.25) is 0 Å². The van der Waals surface area contributed by atoms with Crippen LogP contribution >= 0.6 is 15.9 Å². The van der Waals surface area contributed by atoms with E-state index < -0.39 is 0 Å². The number of halogens is 3. The summed E-state index contributed by atoms with van der Waals surface area (Å²) in [4.78, 5) is 0. The Balaban J connectivity index is 2.21. The molecule has 1 nitrogen and oxygen atoms in total. The zero-order chi connectivity index (χ0) is 13.8. The lowest BCUT2D eigenvalue weighted by Crippen LogP contribution is -2.10. The van der Waals surface area contributed by atoms with Crippen molar-refractivity contribution in [1.82, 2.24) is 0 Å². The summed E-state index contributed by atoms with van der Waals surface area (Å²) in [5.74, 6) is -0.584. The SMILES string of the molecule is CCC(Nc1ccc(Br)c(F)c1)c1cccc(F)c1. The fourth-order valence-corrected chi connectivity index (χ4v) is 2.18. The molecule has 1 unspecified atom stereocenters. The van der Waals surface area contributed by atoms with Crippen LogP contribution in [0.1, 0.15) is 24.9 Å². The highest BCUT2D eigenvalue weighted by atomic mass is 79.9. The molecule has 0 aromatic heterocycles. The van der Waals surface area contributed by atoms with Crippen molar-refractivity contribution >= 4 is 21.6 Å². The van der Waals surface area contributed by atoms with Gasteiger partial charge >= 0.3 is 0 Å². The summed E-state index contributed by atoms with van der Waals surface area (Å²) in [6.45, 7) is 2.00. The van der Waals surface area contributed by atoms with Gasteiger partial charge in [-0.05, 0) is 58.2 Å².